The van der Waals surface area contributed by atoms with Crippen molar-refractivity contribution >= 4 is 38.5 Å². The average Bonchev–Trinajstić information content (AvgIpc) is 3.31. The molecule has 1 aromatic heterocycles. The first-order chi connectivity index (χ1) is 16.4. The highest BCUT2D eigenvalue weighted by atomic mass is 32.2. The van der Waals surface area contributed by atoms with E-state index in [1.54, 1.807) is 22.5 Å². The summed E-state index contributed by atoms with van der Waals surface area (Å²) in [4.78, 5) is 14.7. The van der Waals surface area contributed by atoms with Gasteiger partial charge in [0.2, 0.25) is 0 Å². The molecule has 4 rings (SSSR count). The Labute approximate surface area is 200 Å². The maximum Gasteiger partial charge on any atom is 0.490 e. The number of benzene rings is 2. The summed E-state index contributed by atoms with van der Waals surface area (Å²) in [6.07, 6.45) is -3.52. The number of alkyl halides is 3. The van der Waals surface area contributed by atoms with Gasteiger partial charge < -0.3 is 14.7 Å². The molecule has 2 aromatic carbocycles. The molecule has 0 fully saturated rings. The molecule has 2 heterocycles. The Balaban J connectivity index is 0.000000429. The third kappa shape index (κ3) is 6.25. The molecular formula is C21H15F4N3O5S2. The highest BCUT2D eigenvalue weighted by Gasteiger charge is 2.38. The summed E-state index contributed by atoms with van der Waals surface area (Å²) in [5.41, 5.74) is 1.14. The molecule has 0 radical (unpaired) electrons. The molecule has 1 aliphatic heterocycles. The van der Waals surface area contributed by atoms with E-state index >= 15 is 0 Å². The third-order valence-electron chi connectivity index (χ3n) is 4.56. The standard InChI is InChI=1S/C19H14FN3O3S2.C2HF3O2/c20-15-3-1-13(11-21)9-17(15)23-6-7-26-18-10-14(2-4-16(18)23)28(24,25)12-19-22-5-8-27-19;3-2(4,5)1(6)7/h1-5,8-10H,6-7,12H2;(H,6,7). The van der Waals surface area contributed by atoms with Crippen molar-refractivity contribution in [2.24, 2.45) is 0 Å². The van der Waals surface area contributed by atoms with E-state index in [4.69, 9.17) is 19.9 Å². The van der Waals surface area contributed by atoms with Crippen LogP contribution in [0.5, 0.6) is 5.75 Å². The molecule has 0 amide bonds. The fourth-order valence-electron chi connectivity index (χ4n) is 3.00. The van der Waals surface area contributed by atoms with Crippen molar-refractivity contribution in [3.05, 3.63) is 64.4 Å². The van der Waals surface area contributed by atoms with Crippen molar-refractivity contribution in [1.29, 1.82) is 5.26 Å². The number of nitrogens with zero attached hydrogens (tertiary/aromatic N) is 3. The van der Waals surface area contributed by atoms with E-state index < -0.39 is 27.8 Å². The summed E-state index contributed by atoms with van der Waals surface area (Å²) in [5, 5.41) is 18.5. The van der Waals surface area contributed by atoms with Gasteiger partial charge in [-0.05, 0) is 30.3 Å². The molecule has 14 heteroatoms. The van der Waals surface area contributed by atoms with E-state index in [2.05, 4.69) is 4.98 Å². The zero-order valence-corrected chi connectivity index (χ0v) is 19.1. The van der Waals surface area contributed by atoms with Gasteiger partial charge in [-0.25, -0.2) is 22.6 Å². The van der Waals surface area contributed by atoms with Gasteiger partial charge in [-0.15, -0.1) is 11.3 Å². The highest BCUT2D eigenvalue weighted by Crippen LogP contribution is 2.39. The Morgan fingerprint density at radius 1 is 1.23 bits per heavy atom. The van der Waals surface area contributed by atoms with Crippen LogP contribution in [0.25, 0.3) is 0 Å². The van der Waals surface area contributed by atoms with Crippen LogP contribution in [-0.4, -0.2) is 43.8 Å². The van der Waals surface area contributed by atoms with E-state index in [9.17, 15) is 26.0 Å². The van der Waals surface area contributed by atoms with Gasteiger partial charge >= 0.3 is 12.1 Å². The van der Waals surface area contributed by atoms with Gasteiger partial charge in [-0.2, -0.15) is 18.4 Å². The van der Waals surface area contributed by atoms with Gasteiger partial charge in [0, 0.05) is 17.6 Å². The number of aliphatic carboxylic acids is 1. The van der Waals surface area contributed by atoms with Crippen molar-refractivity contribution in [2.75, 3.05) is 18.1 Å². The number of carboxylic acid groups (broad SMARTS) is 1. The minimum atomic E-state index is -5.08. The van der Waals surface area contributed by atoms with Crippen LogP contribution in [0.4, 0.5) is 28.9 Å². The Bertz CT molecular complexity index is 1370. The number of rotatable bonds is 4. The summed E-state index contributed by atoms with van der Waals surface area (Å²) in [6, 6.07) is 10.7. The summed E-state index contributed by atoms with van der Waals surface area (Å²) in [6.45, 7) is 0.642. The number of hydrogen-bond donors (Lipinski definition) is 1. The smallest absolute Gasteiger partial charge is 0.489 e. The molecule has 0 saturated carbocycles. The lowest BCUT2D eigenvalue weighted by molar-refractivity contribution is -0.192. The predicted molar refractivity (Wildman–Crippen MR) is 117 cm³/mol. The monoisotopic (exact) mass is 529 g/mol. The molecule has 35 heavy (non-hydrogen) atoms. The molecule has 1 aliphatic rings. The van der Waals surface area contributed by atoms with Crippen LogP contribution >= 0.6 is 11.3 Å². The number of fused-ring (bicyclic) bond motifs is 1. The van der Waals surface area contributed by atoms with Crippen LogP contribution in [0, 0.1) is 17.1 Å². The fraction of sp³-hybridized carbons (Fsp3) is 0.190. The first-order valence-electron chi connectivity index (χ1n) is 9.57. The lowest BCUT2D eigenvalue weighted by atomic mass is 10.1. The van der Waals surface area contributed by atoms with Crippen molar-refractivity contribution in [3.8, 4) is 11.8 Å². The van der Waals surface area contributed by atoms with Crippen molar-refractivity contribution in [2.45, 2.75) is 16.8 Å². The zero-order chi connectivity index (χ0) is 25.8. The van der Waals surface area contributed by atoms with E-state index in [1.807, 2.05) is 6.07 Å². The van der Waals surface area contributed by atoms with Gasteiger partial charge in [0.25, 0.3) is 0 Å². The molecule has 184 valence electrons. The first kappa shape index (κ1) is 25.9. The Morgan fingerprint density at radius 3 is 2.54 bits per heavy atom. The van der Waals surface area contributed by atoms with Crippen LogP contribution in [0.3, 0.4) is 0 Å². The predicted octanol–water partition coefficient (Wildman–Crippen LogP) is 4.29. The largest absolute Gasteiger partial charge is 0.490 e. The van der Waals surface area contributed by atoms with Gasteiger partial charge in [-0.1, -0.05) is 0 Å². The topological polar surface area (TPSA) is 121 Å². The molecule has 0 atom stereocenters. The van der Waals surface area contributed by atoms with E-state index in [0.29, 0.717) is 28.6 Å². The van der Waals surface area contributed by atoms with Crippen LogP contribution < -0.4 is 9.64 Å². The second-order valence-electron chi connectivity index (χ2n) is 6.90. The fourth-order valence-corrected chi connectivity index (χ4v) is 5.27. The lowest BCUT2D eigenvalue weighted by Gasteiger charge is -2.31. The number of hydrogen-bond acceptors (Lipinski definition) is 8. The quantitative estimate of drug-likeness (QED) is 0.497. The molecular weight excluding hydrogens is 514 g/mol. The normalized spacial score (nSPS) is 13.1. The number of thiazole rings is 1. The molecule has 1 N–H and O–H groups in total. The summed E-state index contributed by atoms with van der Waals surface area (Å²) in [5.74, 6) is -3.06. The van der Waals surface area contributed by atoms with Crippen LogP contribution in [-0.2, 0) is 20.4 Å². The Kier molecular flexibility index (Phi) is 7.61. The van der Waals surface area contributed by atoms with Crippen molar-refractivity contribution in [1.82, 2.24) is 4.98 Å². The number of anilines is 2. The first-order valence-corrected chi connectivity index (χ1v) is 12.1. The maximum absolute atomic E-state index is 14.4. The summed E-state index contributed by atoms with van der Waals surface area (Å²) in [7, 11) is -3.59. The van der Waals surface area contributed by atoms with Crippen molar-refractivity contribution < 1.29 is 40.6 Å². The lowest BCUT2D eigenvalue weighted by Crippen LogP contribution is -2.29. The molecule has 3 aromatic rings. The number of aromatic nitrogens is 1. The SMILES string of the molecule is N#Cc1ccc(F)c(N2CCOc3cc(S(=O)(=O)Cc4nccs4)ccc32)c1.O=C(O)C(F)(F)F. The van der Waals surface area contributed by atoms with Crippen molar-refractivity contribution in [3.63, 3.8) is 0 Å². The van der Waals surface area contributed by atoms with Gasteiger partial charge in [0.1, 0.15) is 28.9 Å². The molecule has 0 aliphatic carbocycles. The number of carboxylic acids is 1. The Morgan fingerprint density at radius 2 is 1.94 bits per heavy atom. The molecule has 0 bridgehead atoms. The Hall–Kier alpha value is -3.70. The van der Waals surface area contributed by atoms with E-state index in [-0.39, 0.29) is 22.9 Å². The minimum Gasteiger partial charge on any atom is -0.489 e. The van der Waals surface area contributed by atoms with E-state index in [1.165, 1.54) is 41.7 Å². The molecule has 8 nitrogen and oxygen atoms in total. The maximum atomic E-state index is 14.4. The van der Waals surface area contributed by atoms with Crippen LogP contribution in [0.1, 0.15) is 10.6 Å². The number of halogens is 4. The number of sulfone groups is 1. The number of nitriles is 1. The van der Waals surface area contributed by atoms with Crippen LogP contribution in [0.2, 0.25) is 0 Å². The molecule has 0 saturated heterocycles. The minimum absolute atomic E-state index is 0.120. The van der Waals surface area contributed by atoms with Gasteiger partial charge in [0.15, 0.2) is 9.84 Å². The number of ether oxygens (including phenoxy) is 1. The third-order valence-corrected chi connectivity index (χ3v) is 7.15. The van der Waals surface area contributed by atoms with Gasteiger partial charge in [0.05, 0.1) is 34.4 Å². The average molecular weight is 529 g/mol. The van der Waals surface area contributed by atoms with Gasteiger partial charge in [-0.3, -0.25) is 0 Å². The second kappa shape index (κ2) is 10.3. The molecule has 0 unspecified atom stereocenters. The summed E-state index contributed by atoms with van der Waals surface area (Å²) < 4.78 is 77.1. The highest BCUT2D eigenvalue weighted by molar-refractivity contribution is 7.90. The molecule has 0 spiro atoms. The van der Waals surface area contributed by atoms with Crippen LogP contribution in [0.15, 0.2) is 52.9 Å². The second-order valence-corrected chi connectivity index (χ2v) is 9.86. The van der Waals surface area contributed by atoms with E-state index in [0.717, 1.165) is 0 Å². The zero-order valence-electron chi connectivity index (χ0n) is 17.5. The number of carbonyl (C=O) groups is 1. The summed E-state index contributed by atoms with van der Waals surface area (Å²) >= 11 is 1.28.